The first-order valence-electron chi connectivity index (χ1n) is 8.99. The normalized spacial score (nSPS) is 14.5. The third-order valence-corrected chi connectivity index (χ3v) is 4.30. The molecule has 0 radical (unpaired) electrons. The molecule has 1 heteroatoms. The van der Waals surface area contributed by atoms with Gasteiger partial charge in [0.2, 0.25) is 0 Å². The maximum atomic E-state index is 3.85. The van der Waals surface area contributed by atoms with Crippen LogP contribution < -0.4 is 5.32 Å². The average Bonchev–Trinajstić information content (AvgIpc) is 2.39. The second-order valence-electron chi connectivity index (χ2n) is 6.18. The molecule has 0 aromatic heterocycles. The van der Waals surface area contributed by atoms with E-state index in [1.165, 1.54) is 77.0 Å². The third kappa shape index (κ3) is 9.49. The Bertz CT molecular complexity index is 171. The first-order valence-corrected chi connectivity index (χ1v) is 8.99. The topological polar surface area (TPSA) is 12.0 Å². The van der Waals surface area contributed by atoms with Gasteiger partial charge in [0, 0.05) is 5.54 Å². The molecule has 0 aliphatic rings. The van der Waals surface area contributed by atoms with Crippen molar-refractivity contribution in [2.75, 3.05) is 6.54 Å². The number of hydrogen-bond acceptors (Lipinski definition) is 1. The molecule has 0 amide bonds. The van der Waals surface area contributed by atoms with E-state index in [1.807, 2.05) is 0 Å². The highest BCUT2D eigenvalue weighted by molar-refractivity contribution is 4.87. The standard InChI is InChI=1S/C18H39N/c1-5-9-11-12-14-17-18(15-7-3,19-8-4)16-13-10-6-2/h19H,5-17H2,1-4H3. The zero-order valence-corrected chi connectivity index (χ0v) is 14.2. The molecule has 0 aliphatic carbocycles. The Morgan fingerprint density at radius 2 is 1.11 bits per heavy atom. The molecule has 0 saturated heterocycles. The maximum absolute atomic E-state index is 3.85. The van der Waals surface area contributed by atoms with Gasteiger partial charge in [0.1, 0.15) is 0 Å². The van der Waals surface area contributed by atoms with Crippen molar-refractivity contribution in [3.05, 3.63) is 0 Å². The van der Waals surface area contributed by atoms with Crippen molar-refractivity contribution in [2.45, 2.75) is 110 Å². The zero-order valence-electron chi connectivity index (χ0n) is 14.2. The van der Waals surface area contributed by atoms with Crippen molar-refractivity contribution in [1.82, 2.24) is 5.32 Å². The highest BCUT2D eigenvalue weighted by Crippen LogP contribution is 2.27. The summed E-state index contributed by atoms with van der Waals surface area (Å²) < 4.78 is 0. The zero-order chi connectivity index (χ0) is 14.4. The van der Waals surface area contributed by atoms with E-state index in [4.69, 9.17) is 0 Å². The highest BCUT2D eigenvalue weighted by Gasteiger charge is 2.26. The quantitative estimate of drug-likeness (QED) is 0.377. The van der Waals surface area contributed by atoms with Gasteiger partial charge in [-0.25, -0.2) is 0 Å². The fraction of sp³-hybridized carbons (Fsp3) is 1.00. The van der Waals surface area contributed by atoms with Crippen LogP contribution in [0.25, 0.3) is 0 Å². The summed E-state index contributed by atoms with van der Waals surface area (Å²) in [5.41, 5.74) is 0.449. The first kappa shape index (κ1) is 19.0. The molecule has 1 nitrogen and oxygen atoms in total. The molecule has 19 heavy (non-hydrogen) atoms. The molecule has 1 unspecified atom stereocenters. The number of nitrogens with one attached hydrogen (secondary N) is 1. The van der Waals surface area contributed by atoms with E-state index in [0.29, 0.717) is 5.54 Å². The van der Waals surface area contributed by atoms with Gasteiger partial charge in [-0.05, 0) is 25.8 Å². The minimum atomic E-state index is 0.449. The molecular formula is C18H39N. The van der Waals surface area contributed by atoms with Gasteiger partial charge in [0.05, 0.1) is 0 Å². The van der Waals surface area contributed by atoms with E-state index in [9.17, 15) is 0 Å². The molecule has 0 bridgehead atoms. The molecule has 0 rings (SSSR count). The van der Waals surface area contributed by atoms with Crippen LogP contribution in [-0.4, -0.2) is 12.1 Å². The summed E-state index contributed by atoms with van der Waals surface area (Å²) in [6.45, 7) is 10.3. The SMILES string of the molecule is CCCCCCCC(CCC)(CCCCC)NCC. The third-order valence-electron chi connectivity index (χ3n) is 4.30. The molecule has 0 fully saturated rings. The average molecular weight is 270 g/mol. The Hall–Kier alpha value is -0.0400. The lowest BCUT2D eigenvalue weighted by atomic mass is 9.82. The van der Waals surface area contributed by atoms with Crippen LogP contribution in [-0.2, 0) is 0 Å². The summed E-state index contributed by atoms with van der Waals surface area (Å²) in [5.74, 6) is 0. The van der Waals surface area contributed by atoms with Crippen LogP contribution in [0, 0.1) is 0 Å². The summed E-state index contributed by atoms with van der Waals surface area (Å²) in [6.07, 6.45) is 16.6. The highest BCUT2D eigenvalue weighted by atomic mass is 15.0. The largest absolute Gasteiger partial charge is 0.312 e. The van der Waals surface area contributed by atoms with Gasteiger partial charge in [-0.2, -0.15) is 0 Å². The molecule has 0 aromatic rings. The van der Waals surface area contributed by atoms with Crippen LogP contribution in [0.4, 0.5) is 0 Å². The molecule has 0 heterocycles. The van der Waals surface area contributed by atoms with Crippen LogP contribution in [0.15, 0.2) is 0 Å². The number of rotatable bonds is 14. The van der Waals surface area contributed by atoms with Gasteiger partial charge in [0.15, 0.2) is 0 Å². The van der Waals surface area contributed by atoms with Crippen LogP contribution in [0.3, 0.4) is 0 Å². The van der Waals surface area contributed by atoms with E-state index in [-0.39, 0.29) is 0 Å². The van der Waals surface area contributed by atoms with Gasteiger partial charge in [-0.3, -0.25) is 0 Å². The second-order valence-corrected chi connectivity index (χ2v) is 6.18. The van der Waals surface area contributed by atoms with E-state index in [2.05, 4.69) is 33.0 Å². The summed E-state index contributed by atoms with van der Waals surface area (Å²) in [5, 5.41) is 3.85. The van der Waals surface area contributed by atoms with E-state index in [0.717, 1.165) is 6.54 Å². The Balaban J connectivity index is 4.18. The molecule has 0 saturated carbocycles. The monoisotopic (exact) mass is 269 g/mol. The lowest BCUT2D eigenvalue weighted by Gasteiger charge is -2.35. The Labute approximate surface area is 122 Å². The van der Waals surface area contributed by atoms with Gasteiger partial charge < -0.3 is 5.32 Å². The Morgan fingerprint density at radius 3 is 1.63 bits per heavy atom. The minimum absolute atomic E-state index is 0.449. The van der Waals surface area contributed by atoms with Crippen molar-refractivity contribution >= 4 is 0 Å². The predicted molar refractivity (Wildman–Crippen MR) is 88.8 cm³/mol. The van der Waals surface area contributed by atoms with Crippen LogP contribution in [0.5, 0.6) is 0 Å². The summed E-state index contributed by atoms with van der Waals surface area (Å²) >= 11 is 0. The summed E-state index contributed by atoms with van der Waals surface area (Å²) in [4.78, 5) is 0. The van der Waals surface area contributed by atoms with Crippen LogP contribution in [0.2, 0.25) is 0 Å². The van der Waals surface area contributed by atoms with Gasteiger partial charge in [-0.15, -0.1) is 0 Å². The Morgan fingerprint density at radius 1 is 0.579 bits per heavy atom. The fourth-order valence-electron chi connectivity index (χ4n) is 3.27. The van der Waals surface area contributed by atoms with E-state index >= 15 is 0 Å². The summed E-state index contributed by atoms with van der Waals surface area (Å²) in [6, 6.07) is 0. The van der Waals surface area contributed by atoms with Crippen molar-refractivity contribution in [2.24, 2.45) is 0 Å². The van der Waals surface area contributed by atoms with E-state index in [1.54, 1.807) is 0 Å². The maximum Gasteiger partial charge on any atom is 0.0181 e. The molecule has 0 aromatic carbocycles. The molecule has 1 N–H and O–H groups in total. The molecule has 0 spiro atoms. The summed E-state index contributed by atoms with van der Waals surface area (Å²) in [7, 11) is 0. The lowest BCUT2D eigenvalue weighted by molar-refractivity contribution is 0.247. The van der Waals surface area contributed by atoms with Crippen molar-refractivity contribution in [3.8, 4) is 0 Å². The smallest absolute Gasteiger partial charge is 0.0181 e. The second kappa shape index (κ2) is 13.0. The fourth-order valence-corrected chi connectivity index (χ4v) is 3.27. The van der Waals surface area contributed by atoms with Gasteiger partial charge in [-0.1, -0.05) is 85.5 Å². The first-order chi connectivity index (χ1) is 9.24. The van der Waals surface area contributed by atoms with Gasteiger partial charge in [0.25, 0.3) is 0 Å². The number of hydrogen-bond donors (Lipinski definition) is 1. The molecule has 1 atom stereocenters. The van der Waals surface area contributed by atoms with Crippen LogP contribution in [0.1, 0.15) is 105 Å². The van der Waals surface area contributed by atoms with Crippen molar-refractivity contribution in [1.29, 1.82) is 0 Å². The molecule has 0 aliphatic heterocycles. The molecular weight excluding hydrogens is 230 g/mol. The van der Waals surface area contributed by atoms with Gasteiger partial charge >= 0.3 is 0 Å². The minimum Gasteiger partial charge on any atom is -0.312 e. The van der Waals surface area contributed by atoms with Crippen LogP contribution >= 0.6 is 0 Å². The lowest BCUT2D eigenvalue weighted by Crippen LogP contribution is -2.45. The van der Waals surface area contributed by atoms with Crippen molar-refractivity contribution < 1.29 is 0 Å². The van der Waals surface area contributed by atoms with E-state index < -0.39 is 0 Å². The van der Waals surface area contributed by atoms with Crippen molar-refractivity contribution in [3.63, 3.8) is 0 Å². The number of unbranched alkanes of at least 4 members (excludes halogenated alkanes) is 6. The molecule has 116 valence electrons. The predicted octanol–water partition coefficient (Wildman–Crippen LogP) is 6.08. The Kier molecular flexibility index (Phi) is 12.9.